The number of benzene rings is 2. The van der Waals surface area contributed by atoms with Gasteiger partial charge in [0.15, 0.2) is 0 Å². The van der Waals surface area contributed by atoms with Crippen LogP contribution in [0.15, 0.2) is 48.5 Å². The summed E-state index contributed by atoms with van der Waals surface area (Å²) in [6.07, 6.45) is 0.815. The molecule has 0 aliphatic carbocycles. The molecule has 2 aromatic carbocycles. The average Bonchev–Trinajstić information content (AvgIpc) is 2.49. The summed E-state index contributed by atoms with van der Waals surface area (Å²) in [4.78, 5) is 12.0. The van der Waals surface area contributed by atoms with E-state index in [0.29, 0.717) is 12.1 Å². The lowest BCUT2D eigenvalue weighted by Gasteiger charge is -2.16. The maximum atomic E-state index is 13.1. The molecule has 0 aromatic heterocycles. The lowest BCUT2D eigenvalue weighted by Crippen LogP contribution is -2.28. The number of carbonyl (C=O) groups is 1. The highest BCUT2D eigenvalue weighted by Crippen LogP contribution is 2.19. The van der Waals surface area contributed by atoms with Crippen LogP contribution in [0.3, 0.4) is 0 Å². The Morgan fingerprint density at radius 3 is 2.43 bits per heavy atom. The van der Waals surface area contributed by atoms with Gasteiger partial charge in [-0.05, 0) is 42.3 Å². The number of halogens is 2. The molecule has 1 N–H and O–H groups in total. The predicted molar refractivity (Wildman–Crippen MR) is 78.2 cm³/mol. The molecule has 2 aromatic rings. The van der Waals surface area contributed by atoms with Gasteiger partial charge < -0.3 is 5.32 Å². The van der Waals surface area contributed by atoms with Gasteiger partial charge in [0.1, 0.15) is 11.6 Å². The summed E-state index contributed by atoms with van der Waals surface area (Å²) in [6.45, 7) is 2.43. The van der Waals surface area contributed by atoms with Crippen molar-refractivity contribution in [3.8, 4) is 0 Å². The van der Waals surface area contributed by atoms with Gasteiger partial charge in [-0.3, -0.25) is 4.79 Å². The topological polar surface area (TPSA) is 29.1 Å². The molecule has 110 valence electrons. The number of nitrogens with one attached hydrogen (secondary N) is 1. The molecule has 0 saturated carbocycles. The zero-order valence-electron chi connectivity index (χ0n) is 11.8. The molecular formula is C17H17F2NO. The molecule has 4 heteroatoms. The fourth-order valence-corrected chi connectivity index (χ4v) is 2.18. The second-order valence-electron chi connectivity index (χ2n) is 4.88. The molecule has 2 rings (SSSR count). The normalized spacial score (nSPS) is 12.0. The first kappa shape index (κ1) is 15.2. The van der Waals surface area contributed by atoms with Gasteiger partial charge >= 0.3 is 0 Å². The third kappa shape index (κ3) is 4.12. The van der Waals surface area contributed by atoms with Crippen molar-refractivity contribution in [3.05, 3.63) is 71.3 Å². The Morgan fingerprint density at radius 2 is 1.81 bits per heavy atom. The Hall–Kier alpha value is -2.23. The van der Waals surface area contributed by atoms with Gasteiger partial charge in [-0.2, -0.15) is 0 Å². The van der Waals surface area contributed by atoms with Crippen molar-refractivity contribution < 1.29 is 13.6 Å². The Labute approximate surface area is 122 Å². The zero-order valence-corrected chi connectivity index (χ0v) is 11.8. The van der Waals surface area contributed by atoms with E-state index in [1.54, 1.807) is 18.2 Å². The van der Waals surface area contributed by atoms with Crippen molar-refractivity contribution in [2.45, 2.75) is 19.3 Å². The lowest BCUT2D eigenvalue weighted by atomic mass is 9.96. The largest absolute Gasteiger partial charge is 0.351 e. The van der Waals surface area contributed by atoms with Crippen LogP contribution < -0.4 is 5.32 Å². The van der Waals surface area contributed by atoms with Crippen LogP contribution in [0.1, 0.15) is 35.2 Å². The summed E-state index contributed by atoms with van der Waals surface area (Å²) in [5.74, 6) is -0.927. The highest BCUT2D eigenvalue weighted by Gasteiger charge is 2.12. The molecule has 0 unspecified atom stereocenters. The van der Waals surface area contributed by atoms with E-state index in [9.17, 15) is 13.6 Å². The van der Waals surface area contributed by atoms with Crippen molar-refractivity contribution in [3.63, 3.8) is 0 Å². The first-order chi connectivity index (χ1) is 10.1. The highest BCUT2D eigenvalue weighted by atomic mass is 19.1. The number of hydrogen-bond acceptors (Lipinski definition) is 1. The van der Waals surface area contributed by atoms with Crippen molar-refractivity contribution in [2.24, 2.45) is 0 Å². The van der Waals surface area contributed by atoms with Crippen LogP contribution in [-0.4, -0.2) is 12.5 Å². The Morgan fingerprint density at radius 1 is 1.10 bits per heavy atom. The SMILES string of the molecule is CC[C@H](CNC(=O)c1cccc(F)c1)c1ccc(F)cc1. The molecule has 0 fully saturated rings. The van der Waals surface area contributed by atoms with Crippen molar-refractivity contribution in [1.29, 1.82) is 0 Å². The molecular weight excluding hydrogens is 272 g/mol. The van der Waals surface area contributed by atoms with Crippen molar-refractivity contribution >= 4 is 5.91 Å². The van der Waals surface area contributed by atoms with E-state index >= 15 is 0 Å². The summed E-state index contributed by atoms with van der Waals surface area (Å²) in [6, 6.07) is 11.8. The third-order valence-electron chi connectivity index (χ3n) is 3.43. The van der Waals surface area contributed by atoms with Gasteiger partial charge in [0, 0.05) is 18.0 Å². The highest BCUT2D eigenvalue weighted by molar-refractivity contribution is 5.94. The Balaban J connectivity index is 2.00. The summed E-state index contributed by atoms with van der Waals surface area (Å²) >= 11 is 0. The van der Waals surface area contributed by atoms with Gasteiger partial charge in [-0.1, -0.05) is 25.1 Å². The second kappa shape index (κ2) is 6.97. The molecule has 0 saturated heterocycles. The molecule has 0 bridgehead atoms. The van der Waals surface area contributed by atoms with E-state index in [1.807, 2.05) is 6.92 Å². The maximum absolute atomic E-state index is 13.1. The predicted octanol–water partition coefficient (Wildman–Crippen LogP) is 3.89. The average molecular weight is 289 g/mol. The van der Waals surface area contributed by atoms with E-state index in [0.717, 1.165) is 12.0 Å². The monoisotopic (exact) mass is 289 g/mol. The van der Waals surface area contributed by atoms with Crippen LogP contribution in [-0.2, 0) is 0 Å². The fourth-order valence-electron chi connectivity index (χ4n) is 2.18. The van der Waals surface area contributed by atoms with E-state index in [4.69, 9.17) is 0 Å². The van der Waals surface area contributed by atoms with E-state index in [-0.39, 0.29) is 17.6 Å². The van der Waals surface area contributed by atoms with Gasteiger partial charge in [-0.25, -0.2) is 8.78 Å². The van der Waals surface area contributed by atoms with Crippen molar-refractivity contribution in [2.75, 3.05) is 6.54 Å². The number of rotatable bonds is 5. The van der Waals surface area contributed by atoms with Crippen molar-refractivity contribution in [1.82, 2.24) is 5.32 Å². The Kier molecular flexibility index (Phi) is 5.04. The Bertz CT molecular complexity index is 610. The quantitative estimate of drug-likeness (QED) is 0.889. The smallest absolute Gasteiger partial charge is 0.251 e. The first-order valence-electron chi connectivity index (χ1n) is 6.89. The molecule has 0 radical (unpaired) electrons. The van der Waals surface area contributed by atoms with Crippen LogP contribution in [0, 0.1) is 11.6 Å². The number of amides is 1. The van der Waals surface area contributed by atoms with E-state index < -0.39 is 5.82 Å². The molecule has 1 atom stereocenters. The number of carbonyl (C=O) groups excluding carboxylic acids is 1. The van der Waals surface area contributed by atoms with E-state index in [1.165, 1.54) is 30.3 Å². The molecule has 0 heterocycles. The molecule has 2 nitrogen and oxygen atoms in total. The fraction of sp³-hybridized carbons (Fsp3) is 0.235. The lowest BCUT2D eigenvalue weighted by molar-refractivity contribution is 0.0950. The molecule has 21 heavy (non-hydrogen) atoms. The first-order valence-corrected chi connectivity index (χ1v) is 6.89. The van der Waals surface area contributed by atoms with Crippen LogP contribution in [0.4, 0.5) is 8.78 Å². The van der Waals surface area contributed by atoms with Gasteiger partial charge in [0.05, 0.1) is 0 Å². The maximum Gasteiger partial charge on any atom is 0.251 e. The summed E-state index contributed by atoms with van der Waals surface area (Å²) < 4.78 is 26.0. The van der Waals surface area contributed by atoms with Gasteiger partial charge in [-0.15, -0.1) is 0 Å². The molecule has 1 amide bonds. The van der Waals surface area contributed by atoms with Crippen LogP contribution >= 0.6 is 0 Å². The summed E-state index contributed by atoms with van der Waals surface area (Å²) in [5.41, 5.74) is 1.27. The van der Waals surface area contributed by atoms with Gasteiger partial charge in [0.25, 0.3) is 5.91 Å². The minimum atomic E-state index is -0.437. The summed E-state index contributed by atoms with van der Waals surface area (Å²) in [7, 11) is 0. The minimum Gasteiger partial charge on any atom is -0.351 e. The molecule has 0 spiro atoms. The number of hydrogen-bond donors (Lipinski definition) is 1. The third-order valence-corrected chi connectivity index (χ3v) is 3.43. The van der Waals surface area contributed by atoms with Gasteiger partial charge in [0.2, 0.25) is 0 Å². The molecule has 0 aliphatic rings. The van der Waals surface area contributed by atoms with Crippen LogP contribution in [0.5, 0.6) is 0 Å². The standard InChI is InChI=1S/C17H17F2NO/c1-2-12(13-6-8-15(18)9-7-13)11-20-17(21)14-4-3-5-16(19)10-14/h3-10,12H,2,11H2,1H3,(H,20,21)/t12-/m1/s1. The molecule has 0 aliphatic heterocycles. The van der Waals surface area contributed by atoms with Crippen LogP contribution in [0.2, 0.25) is 0 Å². The second-order valence-corrected chi connectivity index (χ2v) is 4.88. The van der Waals surface area contributed by atoms with Crippen LogP contribution in [0.25, 0.3) is 0 Å². The summed E-state index contributed by atoms with van der Waals surface area (Å²) in [5, 5.41) is 2.79. The minimum absolute atomic E-state index is 0.100. The zero-order chi connectivity index (χ0) is 15.2. The van der Waals surface area contributed by atoms with E-state index in [2.05, 4.69) is 5.32 Å².